The van der Waals surface area contributed by atoms with Crippen LogP contribution in [-0.2, 0) is 0 Å². The molecule has 0 aliphatic rings. The fourth-order valence-electron chi connectivity index (χ4n) is 2.14. The number of rotatable bonds is 5. The van der Waals surface area contributed by atoms with Crippen LogP contribution in [0.25, 0.3) is 0 Å². The van der Waals surface area contributed by atoms with Crippen LogP contribution in [0.15, 0.2) is 59.6 Å². The van der Waals surface area contributed by atoms with Gasteiger partial charge in [0.15, 0.2) is 5.71 Å². The second kappa shape index (κ2) is 8.53. The molecule has 0 aliphatic carbocycles. The number of nitrogens with zero attached hydrogens (tertiary/aromatic N) is 1. The van der Waals surface area contributed by atoms with Crippen molar-refractivity contribution in [3.8, 4) is 17.6 Å². The minimum absolute atomic E-state index is 0.00614. The molecule has 0 aliphatic heterocycles. The maximum Gasteiger partial charge on any atom is 0.460 e. The van der Waals surface area contributed by atoms with E-state index in [0.717, 1.165) is 12.1 Å². The highest BCUT2D eigenvalue weighted by Crippen LogP contribution is 2.53. The molecule has 2 aromatic carbocycles. The normalized spacial score (nSPS) is 13.4. The van der Waals surface area contributed by atoms with Crippen molar-refractivity contribution in [2.45, 2.75) is 23.9 Å². The Balaban J connectivity index is 2.65. The lowest BCUT2D eigenvalue weighted by Gasteiger charge is -2.33. The third-order valence-corrected chi connectivity index (χ3v) is 3.85. The highest BCUT2D eigenvalue weighted by molar-refractivity contribution is 6.08. The molecule has 0 N–H and O–H groups in total. The van der Waals surface area contributed by atoms with Crippen molar-refractivity contribution in [1.29, 1.82) is 0 Å². The first kappa shape index (κ1) is 24.1. The molecule has 0 amide bonds. The van der Waals surface area contributed by atoms with Gasteiger partial charge in [-0.2, -0.15) is 39.5 Å². The van der Waals surface area contributed by atoms with Crippen LogP contribution in [0, 0.1) is 11.8 Å². The Morgan fingerprint density at radius 2 is 1.32 bits per heavy atom. The van der Waals surface area contributed by atoms with E-state index in [1.54, 1.807) is 0 Å². The quantitative estimate of drug-likeness (QED) is 0.296. The summed E-state index contributed by atoms with van der Waals surface area (Å²) in [6.07, 6.45) is -6.95. The highest BCUT2D eigenvalue weighted by Gasteiger charge is 2.82. The summed E-state index contributed by atoms with van der Waals surface area (Å²) in [5, 5.41) is 0. The standard InChI is InChI=1S/C20H12F9NO/c1-31-15-10-8-14(9-11-15)30-16(12-7-13-5-3-2-4-6-13)17(21,22)18(23,24)19(25,26)20(27,28)29/h2-6,8-11H,1H3. The van der Waals surface area contributed by atoms with Gasteiger partial charge in [0.1, 0.15) is 5.75 Å². The third-order valence-electron chi connectivity index (χ3n) is 3.85. The second-order valence-electron chi connectivity index (χ2n) is 6.00. The van der Waals surface area contributed by atoms with Crippen molar-refractivity contribution in [3.63, 3.8) is 0 Å². The molecule has 2 nitrogen and oxygen atoms in total. The largest absolute Gasteiger partial charge is 0.497 e. The van der Waals surface area contributed by atoms with Gasteiger partial charge >= 0.3 is 23.9 Å². The number of alkyl halides is 9. The molecule has 0 unspecified atom stereocenters. The molecule has 2 aromatic rings. The minimum Gasteiger partial charge on any atom is -0.497 e. The van der Waals surface area contributed by atoms with E-state index in [9.17, 15) is 39.5 Å². The van der Waals surface area contributed by atoms with Crippen molar-refractivity contribution in [2.75, 3.05) is 7.11 Å². The summed E-state index contributed by atoms with van der Waals surface area (Å²) in [4.78, 5) is 3.14. The summed E-state index contributed by atoms with van der Waals surface area (Å²) >= 11 is 0. The monoisotopic (exact) mass is 453 g/mol. The van der Waals surface area contributed by atoms with Crippen LogP contribution in [0.2, 0.25) is 0 Å². The minimum atomic E-state index is -7.06. The molecule has 0 aromatic heterocycles. The lowest BCUT2D eigenvalue weighted by atomic mass is 9.99. The first-order valence-electron chi connectivity index (χ1n) is 8.24. The maximum absolute atomic E-state index is 14.4. The van der Waals surface area contributed by atoms with E-state index in [1.807, 2.05) is 5.92 Å². The van der Waals surface area contributed by atoms with Crippen molar-refractivity contribution >= 4 is 11.4 Å². The van der Waals surface area contributed by atoms with E-state index in [-0.39, 0.29) is 11.3 Å². The fourth-order valence-corrected chi connectivity index (χ4v) is 2.14. The van der Waals surface area contributed by atoms with Crippen LogP contribution in [0.5, 0.6) is 5.75 Å². The number of halogens is 9. The summed E-state index contributed by atoms with van der Waals surface area (Å²) in [7, 11) is 1.27. The number of aliphatic imine (C=N–C) groups is 1. The molecule has 0 saturated carbocycles. The van der Waals surface area contributed by atoms with Gasteiger partial charge in [0, 0.05) is 5.56 Å². The molecular formula is C20H12F9NO. The van der Waals surface area contributed by atoms with E-state index in [4.69, 9.17) is 4.74 Å². The van der Waals surface area contributed by atoms with Gasteiger partial charge < -0.3 is 4.74 Å². The van der Waals surface area contributed by atoms with Gasteiger partial charge in [0.2, 0.25) is 0 Å². The van der Waals surface area contributed by atoms with E-state index in [1.165, 1.54) is 55.5 Å². The summed E-state index contributed by atoms with van der Waals surface area (Å²) < 4.78 is 125. The Hall–Kier alpha value is -3.16. The maximum atomic E-state index is 14.4. The second-order valence-corrected chi connectivity index (χ2v) is 6.00. The van der Waals surface area contributed by atoms with Gasteiger partial charge in [-0.15, -0.1) is 0 Å². The van der Waals surface area contributed by atoms with E-state index < -0.39 is 35.3 Å². The molecule has 166 valence electrons. The summed E-state index contributed by atoms with van der Waals surface area (Å²) in [6.45, 7) is 0. The Labute approximate surface area is 170 Å². The Bertz CT molecular complexity index is 985. The van der Waals surface area contributed by atoms with E-state index in [2.05, 4.69) is 4.99 Å². The molecule has 0 spiro atoms. The zero-order valence-electron chi connectivity index (χ0n) is 15.5. The highest BCUT2D eigenvalue weighted by atomic mass is 19.4. The third kappa shape index (κ3) is 4.78. The molecule has 0 bridgehead atoms. The van der Waals surface area contributed by atoms with Crippen LogP contribution >= 0.6 is 0 Å². The van der Waals surface area contributed by atoms with Crippen molar-refractivity contribution in [2.24, 2.45) is 4.99 Å². The first-order chi connectivity index (χ1) is 14.2. The van der Waals surface area contributed by atoms with Crippen molar-refractivity contribution < 1.29 is 44.3 Å². The Morgan fingerprint density at radius 1 is 0.774 bits per heavy atom. The molecular weight excluding hydrogens is 441 g/mol. The van der Waals surface area contributed by atoms with Gasteiger partial charge in [-0.05, 0) is 42.3 Å². The van der Waals surface area contributed by atoms with Crippen LogP contribution < -0.4 is 4.74 Å². The predicted molar refractivity (Wildman–Crippen MR) is 94.3 cm³/mol. The van der Waals surface area contributed by atoms with Gasteiger partial charge in [0.25, 0.3) is 0 Å². The number of hydrogen-bond acceptors (Lipinski definition) is 2. The smallest absolute Gasteiger partial charge is 0.460 e. The molecule has 11 heteroatoms. The Kier molecular flexibility index (Phi) is 6.63. The summed E-state index contributed by atoms with van der Waals surface area (Å²) in [6, 6.07) is 11.3. The van der Waals surface area contributed by atoms with Crippen LogP contribution in [0.1, 0.15) is 5.56 Å². The van der Waals surface area contributed by atoms with Gasteiger partial charge in [-0.3, -0.25) is 0 Å². The van der Waals surface area contributed by atoms with Gasteiger partial charge in [-0.1, -0.05) is 24.1 Å². The number of benzene rings is 2. The molecule has 0 fully saturated rings. The van der Waals surface area contributed by atoms with Crippen molar-refractivity contribution in [3.05, 3.63) is 60.2 Å². The van der Waals surface area contributed by atoms with E-state index in [0.29, 0.717) is 0 Å². The van der Waals surface area contributed by atoms with Crippen LogP contribution in [-0.4, -0.2) is 36.8 Å². The summed E-state index contributed by atoms with van der Waals surface area (Å²) in [5.74, 6) is -16.3. The SMILES string of the molecule is COc1ccc(N=C(C#Cc2ccccc2)C(F)(F)C(F)(F)C(F)(F)C(F)(F)F)cc1. The zero-order chi connectivity index (χ0) is 23.5. The Morgan fingerprint density at radius 3 is 1.81 bits per heavy atom. The first-order valence-corrected chi connectivity index (χ1v) is 8.24. The zero-order valence-corrected chi connectivity index (χ0v) is 15.5. The van der Waals surface area contributed by atoms with E-state index >= 15 is 0 Å². The number of hydrogen-bond donors (Lipinski definition) is 0. The fraction of sp³-hybridized carbons (Fsp3) is 0.250. The van der Waals surface area contributed by atoms with Gasteiger partial charge in [-0.25, -0.2) is 4.99 Å². The average Bonchev–Trinajstić information content (AvgIpc) is 2.71. The molecule has 0 heterocycles. The molecule has 0 saturated heterocycles. The topological polar surface area (TPSA) is 21.6 Å². The molecule has 31 heavy (non-hydrogen) atoms. The average molecular weight is 453 g/mol. The lowest BCUT2D eigenvalue weighted by molar-refractivity contribution is -0.384. The molecule has 0 atom stereocenters. The van der Waals surface area contributed by atoms with Crippen LogP contribution in [0.3, 0.4) is 0 Å². The molecule has 2 rings (SSSR count). The number of ether oxygens (including phenoxy) is 1. The predicted octanol–water partition coefficient (Wildman–Crippen LogP) is 6.29. The molecule has 0 radical (unpaired) electrons. The number of methoxy groups -OCH3 is 1. The lowest BCUT2D eigenvalue weighted by Crippen LogP contribution is -2.63. The summed E-state index contributed by atoms with van der Waals surface area (Å²) in [5.41, 5.74) is -2.62. The van der Waals surface area contributed by atoms with Gasteiger partial charge in [0.05, 0.1) is 12.8 Å². The van der Waals surface area contributed by atoms with Crippen LogP contribution in [0.4, 0.5) is 45.2 Å². The van der Waals surface area contributed by atoms with Crippen molar-refractivity contribution in [1.82, 2.24) is 0 Å².